The van der Waals surface area contributed by atoms with Crippen LogP contribution in [-0.4, -0.2) is 38.2 Å². The summed E-state index contributed by atoms with van der Waals surface area (Å²) in [7, 11) is 0. The van der Waals surface area contributed by atoms with Crippen molar-refractivity contribution < 1.29 is 26.2 Å². The molecule has 6 aromatic carbocycles. The van der Waals surface area contributed by atoms with Gasteiger partial charge in [-0.25, -0.2) is 15.0 Å². The number of hydrogen-bond acceptors (Lipinski definition) is 4. The van der Waals surface area contributed by atoms with Crippen LogP contribution in [0.1, 0.15) is 105 Å². The van der Waals surface area contributed by atoms with E-state index in [1.54, 1.807) is 0 Å². The molecule has 0 atom stereocenters. The van der Waals surface area contributed by atoms with Gasteiger partial charge >= 0.3 is 0 Å². The van der Waals surface area contributed by atoms with E-state index in [0.29, 0.717) is 17.2 Å². The summed E-state index contributed by atoms with van der Waals surface area (Å²) in [5.41, 5.74) is 13.8. The number of imidazole rings is 3. The normalized spacial score (nSPS) is 12.8. The Morgan fingerprint density at radius 3 is 1.87 bits per heavy atom. The zero-order chi connectivity index (χ0) is 48.5. The van der Waals surface area contributed by atoms with Gasteiger partial charge in [0.2, 0.25) is 11.7 Å². The predicted octanol–water partition coefficient (Wildman–Crippen LogP) is 15.1. The quantitative estimate of drug-likeness (QED) is 0.174. The molecule has 0 saturated heterocycles. The number of phenols is 1. The largest absolute Gasteiger partial charge is 0.507 e. The Balaban J connectivity index is 0.00000567. The number of fused-ring (bicyclic) bond motifs is 8. The van der Waals surface area contributed by atoms with Gasteiger partial charge in [0.1, 0.15) is 11.6 Å². The van der Waals surface area contributed by atoms with Crippen molar-refractivity contribution in [2.75, 3.05) is 0 Å². The molecule has 0 unspecified atom stereocenters. The fourth-order valence-corrected chi connectivity index (χ4v) is 9.92. The molecule has 0 fully saturated rings. The van der Waals surface area contributed by atoms with Crippen LogP contribution < -0.4 is 0 Å². The molecule has 0 aliphatic heterocycles. The van der Waals surface area contributed by atoms with Crippen molar-refractivity contribution in [3.05, 3.63) is 168 Å². The summed E-state index contributed by atoms with van der Waals surface area (Å²) in [6, 6.07) is 49.2. The second-order valence-corrected chi connectivity index (χ2v) is 22.9. The van der Waals surface area contributed by atoms with E-state index in [9.17, 15) is 5.11 Å². The molecule has 11 aromatic rings. The zero-order valence-corrected chi connectivity index (χ0v) is 44.4. The Hall–Kier alpha value is -6.76. The minimum atomic E-state index is -0.330. The van der Waals surface area contributed by atoms with Crippen molar-refractivity contribution in [3.63, 3.8) is 0 Å². The molecule has 1 N–H and O–H groups in total. The molecular formula is C61H60N7OPt-. The molecule has 5 heterocycles. The van der Waals surface area contributed by atoms with E-state index in [1.807, 2.05) is 12.3 Å². The fraction of sp³-hybridized carbons (Fsp3) is 0.262. The van der Waals surface area contributed by atoms with Crippen LogP contribution in [0.4, 0.5) is 0 Å². The first-order valence-corrected chi connectivity index (χ1v) is 24.1. The van der Waals surface area contributed by atoms with Crippen LogP contribution >= 0.6 is 0 Å². The molecule has 8 nitrogen and oxygen atoms in total. The number of rotatable bonds is 5. The molecule has 356 valence electrons. The van der Waals surface area contributed by atoms with Crippen LogP contribution in [0, 0.1) is 6.07 Å². The van der Waals surface area contributed by atoms with Crippen LogP contribution in [0.25, 0.3) is 89.5 Å². The first-order chi connectivity index (χ1) is 32.7. The summed E-state index contributed by atoms with van der Waals surface area (Å²) in [5.74, 6) is 2.46. The zero-order valence-electron chi connectivity index (χ0n) is 42.2. The van der Waals surface area contributed by atoms with Gasteiger partial charge in [-0.3, -0.25) is 9.13 Å². The second kappa shape index (κ2) is 16.4. The van der Waals surface area contributed by atoms with Crippen LogP contribution in [0.15, 0.2) is 140 Å². The monoisotopic (exact) mass is 1100 g/mol. The molecule has 0 spiro atoms. The summed E-state index contributed by atoms with van der Waals surface area (Å²) in [6.07, 6.45) is 4.02. The van der Waals surface area contributed by atoms with Crippen LogP contribution in [0.2, 0.25) is 0 Å². The number of pyridine rings is 1. The molecule has 0 aliphatic carbocycles. The van der Waals surface area contributed by atoms with E-state index in [-0.39, 0.29) is 48.5 Å². The van der Waals surface area contributed by atoms with E-state index in [2.05, 4.69) is 235 Å². The smallest absolute Gasteiger partial charge is 0.218 e. The van der Waals surface area contributed by atoms with Gasteiger partial charge in [0, 0.05) is 55.7 Å². The summed E-state index contributed by atoms with van der Waals surface area (Å²) >= 11 is 0. The van der Waals surface area contributed by atoms with E-state index >= 15 is 0 Å². The minimum Gasteiger partial charge on any atom is -0.507 e. The number of aromatic nitrogens is 7. The van der Waals surface area contributed by atoms with Crippen LogP contribution in [-0.2, 0) is 42.7 Å². The molecule has 0 aliphatic rings. The van der Waals surface area contributed by atoms with Crippen LogP contribution in [0.5, 0.6) is 5.75 Å². The third kappa shape index (κ3) is 7.67. The van der Waals surface area contributed by atoms with Gasteiger partial charge in [0.15, 0.2) is 0 Å². The average Bonchev–Trinajstić information content (AvgIpc) is 4.06. The molecule has 11 rings (SSSR count). The van der Waals surface area contributed by atoms with Crippen molar-refractivity contribution in [1.82, 2.24) is 33.1 Å². The third-order valence-electron chi connectivity index (χ3n) is 13.9. The van der Waals surface area contributed by atoms with Crippen molar-refractivity contribution in [2.45, 2.75) is 105 Å². The number of benzene rings is 6. The number of para-hydroxylation sites is 3. The number of hydrogen-bond donors (Lipinski definition) is 1. The molecule has 0 bridgehead atoms. The van der Waals surface area contributed by atoms with Gasteiger partial charge in [0.25, 0.3) is 0 Å². The van der Waals surface area contributed by atoms with Crippen molar-refractivity contribution in [1.29, 1.82) is 0 Å². The number of aromatic hydroxyl groups is 1. The van der Waals surface area contributed by atoms with Crippen LogP contribution in [0.3, 0.4) is 0 Å². The second-order valence-electron chi connectivity index (χ2n) is 22.9. The maximum absolute atomic E-state index is 12.4. The minimum absolute atomic E-state index is 0. The Labute approximate surface area is 424 Å². The number of nitrogens with zero attached hydrogens (tertiary/aromatic N) is 7. The molecule has 0 amide bonds. The fourth-order valence-electron chi connectivity index (χ4n) is 9.92. The van der Waals surface area contributed by atoms with E-state index in [0.717, 1.165) is 83.4 Å². The predicted molar refractivity (Wildman–Crippen MR) is 285 cm³/mol. The first kappa shape index (κ1) is 46.9. The first-order valence-electron chi connectivity index (χ1n) is 24.1. The van der Waals surface area contributed by atoms with Gasteiger partial charge < -0.3 is 14.1 Å². The van der Waals surface area contributed by atoms with Gasteiger partial charge in [0.05, 0.1) is 22.4 Å². The SMILES string of the molecule is CC(C)(C)c1ccnc(-n2c3[c-]c4c(cc3n3c5ccccc5nc23)c2ccccc2n4-c2nc(-c3cc(C(C)(C)C)cc(C(C)(C)C)c3O)cn2-c2ccc(C(C)(C)C)cc2-c2ccccc2)c1.[Pt]. The molecule has 70 heavy (non-hydrogen) atoms. The van der Waals surface area contributed by atoms with Gasteiger partial charge in [-0.15, -0.1) is 12.1 Å². The Bertz CT molecular complexity index is 3840. The van der Waals surface area contributed by atoms with E-state index in [1.165, 1.54) is 11.1 Å². The van der Waals surface area contributed by atoms with E-state index < -0.39 is 0 Å². The maximum Gasteiger partial charge on any atom is 0.218 e. The molecule has 9 heteroatoms. The third-order valence-corrected chi connectivity index (χ3v) is 13.9. The number of phenolic OH excluding ortho intramolecular Hbond substituents is 1. The molecule has 5 aromatic heterocycles. The van der Waals surface area contributed by atoms with Crippen molar-refractivity contribution in [2.24, 2.45) is 0 Å². The summed E-state index contributed by atoms with van der Waals surface area (Å²) in [6.45, 7) is 26.6. The summed E-state index contributed by atoms with van der Waals surface area (Å²) in [5, 5.41) is 14.5. The Morgan fingerprint density at radius 1 is 0.529 bits per heavy atom. The molecule has 0 saturated carbocycles. The van der Waals surface area contributed by atoms with Crippen molar-refractivity contribution in [3.8, 4) is 45.6 Å². The maximum atomic E-state index is 12.4. The van der Waals surface area contributed by atoms with Gasteiger partial charge in [-0.05, 0) is 109 Å². The molecule has 0 radical (unpaired) electrons. The topological polar surface area (TPSA) is 78.1 Å². The summed E-state index contributed by atoms with van der Waals surface area (Å²) < 4.78 is 8.89. The molecular weight excluding hydrogens is 1040 g/mol. The standard InChI is InChI=1S/C61H60N7O.Pt/c1-58(2,3)38-26-27-48(42(30-38)37-20-14-13-15-21-37)65-36-47(44-31-40(60(7,8)9)32-45(55(44)69)61(10,11)12)64-56(65)66-49-24-18-16-22-41(49)43-34-52-53(35-51(43)66)68(54-33-39(28-29-62-54)59(4,5)6)57-63-46-23-17-19-25-50(46)67(52)57;/h13-34,36,69H,1-12H3;/q-1;. The average molecular weight is 1100 g/mol. The Kier molecular flexibility index (Phi) is 11.0. The van der Waals surface area contributed by atoms with Gasteiger partial charge in [-0.1, -0.05) is 167 Å². The van der Waals surface area contributed by atoms with Crippen molar-refractivity contribution >= 4 is 49.7 Å². The van der Waals surface area contributed by atoms with E-state index in [4.69, 9.17) is 15.0 Å². The van der Waals surface area contributed by atoms with Gasteiger partial charge in [-0.2, -0.15) is 0 Å². The summed E-state index contributed by atoms with van der Waals surface area (Å²) in [4.78, 5) is 16.0. The Morgan fingerprint density at radius 2 is 1.17 bits per heavy atom.